The van der Waals surface area contributed by atoms with Crippen molar-refractivity contribution in [2.45, 2.75) is 20.4 Å². The number of aromatic nitrogens is 5. The summed E-state index contributed by atoms with van der Waals surface area (Å²) in [6, 6.07) is 6.07. The number of hydrogen-bond acceptors (Lipinski definition) is 8. The highest BCUT2D eigenvalue weighted by molar-refractivity contribution is 7.08. The molecule has 0 amide bonds. The number of hydrogen-bond donors (Lipinski definition) is 0. The van der Waals surface area contributed by atoms with Crippen LogP contribution in [0.25, 0.3) is 17.0 Å². The highest BCUT2D eigenvalue weighted by Gasteiger charge is 2.21. The monoisotopic (exact) mass is 395 g/mol. The fourth-order valence-corrected chi connectivity index (χ4v) is 4.24. The summed E-state index contributed by atoms with van der Waals surface area (Å²) in [5, 5.41) is 21.5. The third kappa shape index (κ3) is 3.06. The predicted octanol–water partition coefficient (Wildman–Crippen LogP) is 2.78. The molecule has 0 atom stereocenters. The largest absolute Gasteiger partial charge is 0.361 e. The first-order valence-electron chi connectivity index (χ1n) is 9.33. The van der Waals surface area contributed by atoms with Gasteiger partial charge in [0.1, 0.15) is 11.6 Å². The van der Waals surface area contributed by atoms with Crippen molar-refractivity contribution in [2.24, 2.45) is 0 Å². The van der Waals surface area contributed by atoms with Crippen LogP contribution in [-0.2, 0) is 6.54 Å². The highest BCUT2D eigenvalue weighted by Crippen LogP contribution is 2.23. The summed E-state index contributed by atoms with van der Waals surface area (Å²) in [5.74, 6) is 2.66. The number of nitrogens with zero attached hydrogens (tertiary/aromatic N) is 7. The quantitative estimate of drug-likeness (QED) is 0.526. The van der Waals surface area contributed by atoms with Crippen LogP contribution in [0.4, 0.5) is 5.82 Å². The summed E-state index contributed by atoms with van der Waals surface area (Å²) in [6.45, 7) is 8.68. The van der Waals surface area contributed by atoms with Gasteiger partial charge in [-0.2, -0.15) is 15.9 Å². The Hall–Kier alpha value is -2.78. The number of piperazine rings is 1. The van der Waals surface area contributed by atoms with Gasteiger partial charge in [0.15, 0.2) is 11.5 Å². The van der Waals surface area contributed by atoms with Crippen molar-refractivity contribution in [3.63, 3.8) is 0 Å². The molecule has 1 aliphatic heterocycles. The molecule has 0 aromatic carbocycles. The van der Waals surface area contributed by atoms with E-state index >= 15 is 0 Å². The first-order valence-corrected chi connectivity index (χ1v) is 10.3. The van der Waals surface area contributed by atoms with Gasteiger partial charge in [0.2, 0.25) is 0 Å². The van der Waals surface area contributed by atoms with Gasteiger partial charge in [-0.05, 0) is 37.4 Å². The molecule has 5 rings (SSSR count). The Balaban J connectivity index is 1.32. The first kappa shape index (κ1) is 17.3. The lowest BCUT2D eigenvalue weighted by Gasteiger charge is -2.35. The van der Waals surface area contributed by atoms with Crippen LogP contribution in [0.3, 0.4) is 0 Å². The van der Waals surface area contributed by atoms with Crippen molar-refractivity contribution in [3.05, 3.63) is 46.0 Å². The van der Waals surface area contributed by atoms with Crippen LogP contribution in [0, 0.1) is 13.8 Å². The molecule has 0 N–H and O–H groups in total. The number of aryl methyl sites for hydroxylation is 2. The second kappa shape index (κ2) is 6.99. The molecule has 5 heterocycles. The Morgan fingerprint density at radius 3 is 2.64 bits per heavy atom. The van der Waals surface area contributed by atoms with E-state index in [1.807, 2.05) is 41.9 Å². The molecular formula is C19H21N7OS. The molecule has 8 nitrogen and oxygen atoms in total. The predicted molar refractivity (Wildman–Crippen MR) is 108 cm³/mol. The summed E-state index contributed by atoms with van der Waals surface area (Å²) >= 11 is 1.65. The van der Waals surface area contributed by atoms with Crippen molar-refractivity contribution in [1.29, 1.82) is 0 Å². The third-order valence-electron chi connectivity index (χ3n) is 5.29. The lowest BCUT2D eigenvalue weighted by molar-refractivity contribution is 0.247. The van der Waals surface area contributed by atoms with E-state index in [4.69, 9.17) is 9.62 Å². The van der Waals surface area contributed by atoms with Gasteiger partial charge in [-0.1, -0.05) is 5.16 Å². The van der Waals surface area contributed by atoms with Crippen LogP contribution < -0.4 is 4.90 Å². The van der Waals surface area contributed by atoms with E-state index in [-0.39, 0.29) is 0 Å². The first-order chi connectivity index (χ1) is 13.7. The minimum Gasteiger partial charge on any atom is -0.361 e. The standard InChI is InChI=1S/C19H21N7OS/c1-13-16(14(2)27-23-13)11-24-6-8-25(9-7-24)18-4-3-17-20-21-19(26(17)22-18)15-5-10-28-12-15/h3-5,10,12H,6-9,11H2,1-2H3. The Morgan fingerprint density at radius 2 is 1.93 bits per heavy atom. The van der Waals surface area contributed by atoms with E-state index in [0.717, 1.165) is 67.0 Å². The van der Waals surface area contributed by atoms with Gasteiger partial charge in [-0.15, -0.1) is 15.3 Å². The molecule has 0 aliphatic carbocycles. The average Bonchev–Trinajstić information content (AvgIpc) is 3.45. The molecule has 1 saturated heterocycles. The molecule has 0 unspecified atom stereocenters. The zero-order chi connectivity index (χ0) is 19.1. The lowest BCUT2D eigenvalue weighted by atomic mass is 10.2. The molecule has 0 radical (unpaired) electrons. The van der Waals surface area contributed by atoms with Gasteiger partial charge in [0, 0.05) is 49.2 Å². The van der Waals surface area contributed by atoms with E-state index in [1.54, 1.807) is 11.3 Å². The molecule has 0 spiro atoms. The van der Waals surface area contributed by atoms with E-state index in [9.17, 15) is 0 Å². The molecule has 0 bridgehead atoms. The second-order valence-electron chi connectivity index (χ2n) is 7.06. The van der Waals surface area contributed by atoms with Crippen molar-refractivity contribution in [1.82, 2.24) is 29.9 Å². The Bertz CT molecular complexity index is 1070. The summed E-state index contributed by atoms with van der Waals surface area (Å²) in [4.78, 5) is 4.76. The van der Waals surface area contributed by atoms with Crippen molar-refractivity contribution in [3.8, 4) is 11.4 Å². The maximum atomic E-state index is 5.29. The molecular weight excluding hydrogens is 374 g/mol. The van der Waals surface area contributed by atoms with Gasteiger partial charge in [-0.3, -0.25) is 4.90 Å². The number of anilines is 1. The van der Waals surface area contributed by atoms with Crippen molar-refractivity contribution < 1.29 is 4.52 Å². The summed E-state index contributed by atoms with van der Waals surface area (Å²) < 4.78 is 7.13. The third-order valence-corrected chi connectivity index (χ3v) is 5.97. The minimum absolute atomic E-state index is 0.766. The second-order valence-corrected chi connectivity index (χ2v) is 7.84. The van der Waals surface area contributed by atoms with Gasteiger partial charge >= 0.3 is 0 Å². The molecule has 28 heavy (non-hydrogen) atoms. The van der Waals surface area contributed by atoms with Crippen LogP contribution >= 0.6 is 11.3 Å². The number of rotatable bonds is 4. The Morgan fingerprint density at radius 1 is 1.07 bits per heavy atom. The smallest absolute Gasteiger partial charge is 0.186 e. The van der Waals surface area contributed by atoms with Gasteiger partial charge in [0.05, 0.1) is 5.69 Å². The van der Waals surface area contributed by atoms with E-state index < -0.39 is 0 Å². The van der Waals surface area contributed by atoms with Crippen molar-refractivity contribution >= 4 is 22.8 Å². The average molecular weight is 395 g/mol. The molecule has 1 fully saturated rings. The van der Waals surface area contributed by atoms with Gasteiger partial charge < -0.3 is 9.42 Å². The van der Waals surface area contributed by atoms with E-state index in [1.165, 1.54) is 5.56 Å². The highest BCUT2D eigenvalue weighted by atomic mass is 32.1. The van der Waals surface area contributed by atoms with Crippen LogP contribution in [0.5, 0.6) is 0 Å². The van der Waals surface area contributed by atoms with Crippen LogP contribution in [0.15, 0.2) is 33.5 Å². The molecule has 9 heteroatoms. The van der Waals surface area contributed by atoms with Crippen LogP contribution in [0.2, 0.25) is 0 Å². The number of fused-ring (bicyclic) bond motifs is 1. The fourth-order valence-electron chi connectivity index (χ4n) is 3.61. The molecule has 4 aromatic heterocycles. The molecule has 144 valence electrons. The topological polar surface area (TPSA) is 75.6 Å². The molecule has 1 aliphatic rings. The minimum atomic E-state index is 0.766. The maximum Gasteiger partial charge on any atom is 0.186 e. The summed E-state index contributed by atoms with van der Waals surface area (Å²) in [6.07, 6.45) is 0. The SMILES string of the molecule is Cc1noc(C)c1CN1CCN(c2ccc3nnc(-c4ccsc4)n3n2)CC1. The maximum absolute atomic E-state index is 5.29. The van der Waals surface area contributed by atoms with Crippen molar-refractivity contribution in [2.75, 3.05) is 31.1 Å². The normalized spacial score (nSPS) is 15.6. The summed E-state index contributed by atoms with van der Waals surface area (Å²) in [7, 11) is 0. The van der Waals surface area contributed by atoms with Gasteiger partial charge in [-0.25, -0.2) is 0 Å². The van der Waals surface area contributed by atoms with Crippen LogP contribution in [-0.4, -0.2) is 56.0 Å². The zero-order valence-corrected chi connectivity index (χ0v) is 16.7. The molecule has 4 aromatic rings. The van der Waals surface area contributed by atoms with E-state index in [2.05, 4.69) is 30.5 Å². The number of thiophene rings is 1. The van der Waals surface area contributed by atoms with Gasteiger partial charge in [0.25, 0.3) is 0 Å². The van der Waals surface area contributed by atoms with E-state index in [0.29, 0.717) is 0 Å². The Labute approximate surface area is 166 Å². The Kier molecular flexibility index (Phi) is 4.33. The lowest BCUT2D eigenvalue weighted by Crippen LogP contribution is -2.46. The zero-order valence-electron chi connectivity index (χ0n) is 15.9. The van der Waals surface area contributed by atoms with Crippen LogP contribution in [0.1, 0.15) is 17.0 Å². The summed E-state index contributed by atoms with van der Waals surface area (Å²) in [5.41, 5.74) is 4.01. The fraction of sp³-hybridized carbons (Fsp3) is 0.368. The molecule has 0 saturated carbocycles.